The highest BCUT2D eigenvalue weighted by molar-refractivity contribution is 5.92. The first-order chi connectivity index (χ1) is 10.6. The van der Waals surface area contributed by atoms with Crippen molar-refractivity contribution in [2.45, 2.75) is 44.9 Å². The van der Waals surface area contributed by atoms with Crippen LogP contribution in [-0.4, -0.2) is 42.7 Å². The molecule has 0 spiro atoms. The fourth-order valence-electron chi connectivity index (χ4n) is 2.98. The number of nitrogens with one attached hydrogen (secondary N) is 1. The number of aliphatic hydroxyl groups is 1. The van der Waals surface area contributed by atoms with E-state index in [0.717, 1.165) is 18.7 Å². The molecule has 2 aromatic heterocycles. The molecular weight excluding hydrogens is 282 g/mol. The summed E-state index contributed by atoms with van der Waals surface area (Å²) >= 11 is 0. The number of amides is 1. The van der Waals surface area contributed by atoms with Gasteiger partial charge >= 0.3 is 0 Å². The molecule has 0 bridgehead atoms. The molecule has 1 saturated carbocycles. The Morgan fingerprint density at radius 3 is 2.82 bits per heavy atom. The summed E-state index contributed by atoms with van der Waals surface area (Å²) in [5.74, 6) is 1.13. The number of carbonyl (C=O) groups is 1. The number of aryl methyl sites for hydroxylation is 2. The van der Waals surface area contributed by atoms with Crippen molar-refractivity contribution in [3.63, 3.8) is 0 Å². The van der Waals surface area contributed by atoms with Gasteiger partial charge in [0.15, 0.2) is 0 Å². The molecule has 0 unspecified atom stereocenters. The van der Waals surface area contributed by atoms with Gasteiger partial charge in [0.1, 0.15) is 17.3 Å². The molecule has 0 aromatic carbocycles. The Bertz CT molecular complexity index is 684. The normalized spacial score (nSPS) is 24.4. The molecule has 7 nitrogen and oxygen atoms in total. The molecular formula is C15H19N5O2. The maximum atomic E-state index is 12.2. The van der Waals surface area contributed by atoms with Crippen LogP contribution >= 0.6 is 0 Å². The summed E-state index contributed by atoms with van der Waals surface area (Å²) in [4.78, 5) is 24.5. The van der Waals surface area contributed by atoms with Gasteiger partial charge in [-0.3, -0.25) is 4.79 Å². The topological polar surface area (TPSA) is 92.9 Å². The predicted molar refractivity (Wildman–Crippen MR) is 79.3 cm³/mol. The molecule has 1 amide bonds. The van der Waals surface area contributed by atoms with Gasteiger partial charge in [0, 0.05) is 18.6 Å². The van der Waals surface area contributed by atoms with E-state index >= 15 is 0 Å². The lowest BCUT2D eigenvalue weighted by Crippen LogP contribution is -2.42. The van der Waals surface area contributed by atoms with E-state index < -0.39 is 6.10 Å². The number of rotatable bonds is 3. The molecule has 0 saturated heterocycles. The van der Waals surface area contributed by atoms with Crippen molar-refractivity contribution in [3.05, 3.63) is 42.0 Å². The molecule has 3 atom stereocenters. The number of hydrogen-bond donors (Lipinski definition) is 2. The van der Waals surface area contributed by atoms with E-state index in [1.54, 1.807) is 25.4 Å². The van der Waals surface area contributed by atoms with Crippen LogP contribution in [0.15, 0.2) is 24.7 Å². The third-order valence-corrected chi connectivity index (χ3v) is 4.12. The molecule has 7 heteroatoms. The molecule has 1 aliphatic carbocycles. The molecule has 0 radical (unpaired) electrons. The van der Waals surface area contributed by atoms with E-state index in [1.807, 2.05) is 17.7 Å². The second-order valence-electron chi connectivity index (χ2n) is 5.59. The summed E-state index contributed by atoms with van der Waals surface area (Å²) in [6.45, 7) is 3.64. The van der Waals surface area contributed by atoms with Gasteiger partial charge in [-0.1, -0.05) is 0 Å². The highest BCUT2D eigenvalue weighted by atomic mass is 16.3. The number of nitrogens with zero attached hydrogens (tertiary/aromatic N) is 4. The van der Waals surface area contributed by atoms with Gasteiger partial charge in [-0.2, -0.15) is 0 Å². The second-order valence-corrected chi connectivity index (χ2v) is 5.59. The van der Waals surface area contributed by atoms with Crippen LogP contribution in [0.1, 0.15) is 41.0 Å². The van der Waals surface area contributed by atoms with Crippen LogP contribution in [0, 0.1) is 13.8 Å². The van der Waals surface area contributed by atoms with Gasteiger partial charge in [0.05, 0.1) is 18.2 Å². The third kappa shape index (κ3) is 2.71. The summed E-state index contributed by atoms with van der Waals surface area (Å²) in [7, 11) is 0. The van der Waals surface area contributed by atoms with Gasteiger partial charge < -0.3 is 15.0 Å². The first kappa shape index (κ1) is 14.6. The number of aliphatic hydroxyl groups excluding tert-OH is 1. The van der Waals surface area contributed by atoms with Crippen molar-refractivity contribution in [2.75, 3.05) is 0 Å². The number of carbonyl (C=O) groups excluding carboxylic acids is 1. The lowest BCUT2D eigenvalue weighted by molar-refractivity contribution is 0.0807. The Hall–Kier alpha value is -2.28. The Labute approximate surface area is 128 Å². The van der Waals surface area contributed by atoms with Crippen LogP contribution < -0.4 is 5.32 Å². The summed E-state index contributed by atoms with van der Waals surface area (Å²) < 4.78 is 1.96. The van der Waals surface area contributed by atoms with Gasteiger partial charge in [-0.15, -0.1) is 0 Å². The minimum atomic E-state index is -0.639. The summed E-state index contributed by atoms with van der Waals surface area (Å²) in [6, 6.07) is 1.23. The highest BCUT2D eigenvalue weighted by Gasteiger charge is 2.37. The zero-order chi connectivity index (χ0) is 15.7. The molecule has 116 valence electrons. The molecule has 0 aliphatic heterocycles. The molecule has 2 heterocycles. The van der Waals surface area contributed by atoms with Gasteiger partial charge in [-0.25, -0.2) is 15.0 Å². The molecule has 22 heavy (non-hydrogen) atoms. The van der Waals surface area contributed by atoms with Crippen LogP contribution in [0.3, 0.4) is 0 Å². The predicted octanol–water partition coefficient (Wildman–Crippen LogP) is 0.784. The Balaban J connectivity index is 1.69. The van der Waals surface area contributed by atoms with E-state index in [-0.39, 0.29) is 18.0 Å². The zero-order valence-corrected chi connectivity index (χ0v) is 12.6. The van der Waals surface area contributed by atoms with E-state index in [1.165, 1.54) is 0 Å². The zero-order valence-electron chi connectivity index (χ0n) is 12.6. The van der Waals surface area contributed by atoms with Crippen molar-refractivity contribution >= 4 is 5.91 Å². The Morgan fingerprint density at radius 1 is 1.32 bits per heavy atom. The minimum Gasteiger partial charge on any atom is -0.389 e. The standard InChI is InChI=1S/C15H19N5O2/c1-9-16-6-5-12(18-9)15(22)19-11-3-4-13(14(11)21)20-8-7-17-10(20)2/h5-8,11,13-14,21H,3-4H2,1-2H3,(H,19,22)/t11-,13-,14-/m1/s1. The lowest BCUT2D eigenvalue weighted by Gasteiger charge is -2.22. The molecule has 2 N–H and O–H groups in total. The van der Waals surface area contributed by atoms with Crippen LogP contribution in [0.5, 0.6) is 0 Å². The average molecular weight is 301 g/mol. The van der Waals surface area contributed by atoms with Crippen molar-refractivity contribution < 1.29 is 9.90 Å². The van der Waals surface area contributed by atoms with Gasteiger partial charge in [-0.05, 0) is 32.8 Å². The largest absolute Gasteiger partial charge is 0.389 e. The van der Waals surface area contributed by atoms with Crippen LogP contribution in [0.25, 0.3) is 0 Å². The summed E-state index contributed by atoms with van der Waals surface area (Å²) in [6.07, 6.45) is 6.02. The summed E-state index contributed by atoms with van der Waals surface area (Å²) in [5.41, 5.74) is 0.321. The van der Waals surface area contributed by atoms with E-state index in [2.05, 4.69) is 20.3 Å². The van der Waals surface area contributed by atoms with Crippen molar-refractivity contribution in [1.29, 1.82) is 0 Å². The molecule has 1 fully saturated rings. The Kier molecular flexibility index (Phi) is 3.89. The maximum absolute atomic E-state index is 12.2. The Morgan fingerprint density at radius 2 is 2.14 bits per heavy atom. The van der Waals surface area contributed by atoms with Crippen LogP contribution in [0.4, 0.5) is 0 Å². The number of imidazole rings is 1. The number of aromatic nitrogens is 4. The first-order valence-corrected chi connectivity index (χ1v) is 7.34. The quantitative estimate of drug-likeness (QED) is 0.874. The fourth-order valence-corrected chi connectivity index (χ4v) is 2.98. The first-order valence-electron chi connectivity index (χ1n) is 7.34. The van der Waals surface area contributed by atoms with E-state index in [4.69, 9.17) is 0 Å². The third-order valence-electron chi connectivity index (χ3n) is 4.12. The van der Waals surface area contributed by atoms with Gasteiger partial charge in [0.2, 0.25) is 0 Å². The fraction of sp³-hybridized carbons (Fsp3) is 0.467. The molecule has 3 rings (SSSR count). The maximum Gasteiger partial charge on any atom is 0.270 e. The minimum absolute atomic E-state index is 0.0556. The van der Waals surface area contributed by atoms with Crippen LogP contribution in [-0.2, 0) is 0 Å². The van der Waals surface area contributed by atoms with Crippen LogP contribution in [0.2, 0.25) is 0 Å². The number of hydrogen-bond acceptors (Lipinski definition) is 5. The highest BCUT2D eigenvalue weighted by Crippen LogP contribution is 2.31. The van der Waals surface area contributed by atoms with Crippen molar-refractivity contribution in [2.24, 2.45) is 0 Å². The second kappa shape index (κ2) is 5.84. The van der Waals surface area contributed by atoms with Gasteiger partial charge in [0.25, 0.3) is 5.91 Å². The van der Waals surface area contributed by atoms with E-state index in [0.29, 0.717) is 11.5 Å². The average Bonchev–Trinajstić information content (AvgIpc) is 3.06. The summed E-state index contributed by atoms with van der Waals surface area (Å²) in [5, 5.41) is 13.4. The SMILES string of the molecule is Cc1nccc(C(=O)N[C@@H]2CC[C@@H](n3ccnc3C)[C@@H]2O)n1. The van der Waals surface area contributed by atoms with Crippen molar-refractivity contribution in [1.82, 2.24) is 24.8 Å². The molecule has 2 aromatic rings. The smallest absolute Gasteiger partial charge is 0.270 e. The van der Waals surface area contributed by atoms with E-state index in [9.17, 15) is 9.90 Å². The van der Waals surface area contributed by atoms with Crippen molar-refractivity contribution in [3.8, 4) is 0 Å². The monoisotopic (exact) mass is 301 g/mol. The lowest BCUT2D eigenvalue weighted by atomic mass is 10.1. The molecule has 1 aliphatic rings.